The van der Waals surface area contributed by atoms with Crippen LogP contribution in [0.2, 0.25) is 0 Å². The van der Waals surface area contributed by atoms with Crippen molar-refractivity contribution in [1.82, 2.24) is 5.32 Å². The summed E-state index contributed by atoms with van der Waals surface area (Å²) in [6.45, 7) is 0.151. The summed E-state index contributed by atoms with van der Waals surface area (Å²) in [5, 5.41) is 2.76. The molecule has 0 aliphatic carbocycles. The Morgan fingerprint density at radius 2 is 1.69 bits per heavy atom. The first-order chi connectivity index (χ1) is 12.2. The third-order valence-corrected chi connectivity index (χ3v) is 4.83. The summed E-state index contributed by atoms with van der Waals surface area (Å²) in [5.41, 5.74) is 1.42. The van der Waals surface area contributed by atoms with E-state index in [0.717, 1.165) is 6.26 Å². The number of sulfonamides is 1. The second-order valence-corrected chi connectivity index (χ2v) is 7.95. The van der Waals surface area contributed by atoms with Gasteiger partial charge in [-0.15, -0.1) is 0 Å². The number of carbonyl (C=O) groups excluding carboxylic acids is 1. The van der Waals surface area contributed by atoms with Crippen molar-refractivity contribution in [2.24, 2.45) is 0 Å². The van der Waals surface area contributed by atoms with Gasteiger partial charge in [-0.25, -0.2) is 8.42 Å². The van der Waals surface area contributed by atoms with Crippen molar-refractivity contribution < 1.29 is 22.7 Å². The third-order valence-electron chi connectivity index (χ3n) is 3.46. The quantitative estimate of drug-likeness (QED) is 0.687. The van der Waals surface area contributed by atoms with Gasteiger partial charge in [0.25, 0.3) is 5.91 Å². The number of benzene rings is 2. The van der Waals surface area contributed by atoms with Crippen LogP contribution in [0.4, 0.5) is 5.69 Å². The molecule has 0 saturated heterocycles. The molecule has 0 atom stereocenters. The molecule has 0 unspecified atom stereocenters. The van der Waals surface area contributed by atoms with Crippen LogP contribution in [0, 0.1) is 0 Å². The molecule has 2 N–H and O–H groups in total. The SMILES string of the molecule is COc1cc(C(=O)NCc2ccccc2NS(C)(=O)=O)cc(OC)c1Br. The topological polar surface area (TPSA) is 93.7 Å². The molecule has 0 spiro atoms. The molecule has 140 valence electrons. The van der Waals surface area contributed by atoms with Crippen LogP contribution >= 0.6 is 15.9 Å². The summed E-state index contributed by atoms with van der Waals surface area (Å²) < 4.78 is 36.4. The van der Waals surface area contributed by atoms with Crippen LogP contribution in [-0.4, -0.2) is 34.8 Å². The van der Waals surface area contributed by atoms with Crippen LogP contribution in [0.3, 0.4) is 0 Å². The van der Waals surface area contributed by atoms with E-state index in [9.17, 15) is 13.2 Å². The van der Waals surface area contributed by atoms with E-state index in [-0.39, 0.29) is 12.5 Å². The van der Waals surface area contributed by atoms with Gasteiger partial charge in [-0.3, -0.25) is 9.52 Å². The number of anilines is 1. The van der Waals surface area contributed by atoms with Crippen molar-refractivity contribution in [1.29, 1.82) is 0 Å². The Morgan fingerprint density at radius 1 is 1.12 bits per heavy atom. The standard InChI is InChI=1S/C17H19BrN2O5S/c1-24-14-8-12(9-15(25-2)16(14)18)17(21)19-10-11-6-4-5-7-13(11)20-26(3,22)23/h4-9,20H,10H2,1-3H3,(H,19,21). The van der Waals surface area contributed by atoms with Crippen molar-refractivity contribution in [2.45, 2.75) is 6.54 Å². The molecule has 0 bridgehead atoms. The number of hydrogen-bond acceptors (Lipinski definition) is 5. The number of rotatable bonds is 7. The zero-order valence-electron chi connectivity index (χ0n) is 14.5. The molecule has 9 heteroatoms. The second kappa shape index (κ2) is 8.41. The van der Waals surface area contributed by atoms with Crippen LogP contribution in [0.5, 0.6) is 11.5 Å². The first kappa shape index (κ1) is 20.1. The highest BCUT2D eigenvalue weighted by Gasteiger charge is 2.15. The van der Waals surface area contributed by atoms with Gasteiger partial charge in [-0.05, 0) is 39.7 Å². The minimum Gasteiger partial charge on any atom is -0.495 e. The maximum absolute atomic E-state index is 12.5. The number of carbonyl (C=O) groups is 1. The number of para-hydroxylation sites is 1. The van der Waals surface area contributed by atoms with Gasteiger partial charge in [-0.2, -0.15) is 0 Å². The smallest absolute Gasteiger partial charge is 0.251 e. The average molecular weight is 443 g/mol. The molecular weight excluding hydrogens is 424 g/mol. The molecule has 2 aromatic carbocycles. The van der Waals surface area contributed by atoms with Crippen LogP contribution in [0.1, 0.15) is 15.9 Å². The van der Waals surface area contributed by atoms with Gasteiger partial charge in [0.05, 0.1) is 26.2 Å². The maximum atomic E-state index is 12.5. The second-order valence-electron chi connectivity index (χ2n) is 5.41. The predicted molar refractivity (Wildman–Crippen MR) is 103 cm³/mol. The highest BCUT2D eigenvalue weighted by Crippen LogP contribution is 2.35. The van der Waals surface area contributed by atoms with Gasteiger partial charge in [0.2, 0.25) is 10.0 Å². The monoisotopic (exact) mass is 442 g/mol. The third kappa shape index (κ3) is 5.12. The van der Waals surface area contributed by atoms with E-state index in [2.05, 4.69) is 26.0 Å². The van der Waals surface area contributed by atoms with Gasteiger partial charge in [-0.1, -0.05) is 18.2 Å². The molecule has 2 aromatic rings. The molecule has 1 amide bonds. The fourth-order valence-electron chi connectivity index (χ4n) is 2.25. The van der Waals surface area contributed by atoms with Crippen molar-refractivity contribution in [3.05, 3.63) is 52.0 Å². The van der Waals surface area contributed by atoms with Gasteiger partial charge in [0.15, 0.2) is 0 Å². The van der Waals surface area contributed by atoms with Gasteiger partial charge >= 0.3 is 0 Å². The van der Waals surface area contributed by atoms with Crippen LogP contribution in [0.15, 0.2) is 40.9 Å². The summed E-state index contributed by atoms with van der Waals surface area (Å²) >= 11 is 3.35. The summed E-state index contributed by atoms with van der Waals surface area (Å²) in [4.78, 5) is 12.5. The first-order valence-electron chi connectivity index (χ1n) is 7.50. The summed E-state index contributed by atoms with van der Waals surface area (Å²) in [6.07, 6.45) is 1.07. The number of halogens is 1. The lowest BCUT2D eigenvalue weighted by Gasteiger charge is -2.13. The van der Waals surface area contributed by atoms with Crippen molar-refractivity contribution in [2.75, 3.05) is 25.2 Å². The Kier molecular flexibility index (Phi) is 6.49. The van der Waals surface area contributed by atoms with E-state index in [1.54, 1.807) is 36.4 Å². The van der Waals surface area contributed by atoms with Gasteiger partial charge < -0.3 is 14.8 Å². The predicted octanol–water partition coefficient (Wildman–Crippen LogP) is 2.77. The number of amides is 1. The Bertz CT molecular complexity index is 890. The van der Waals surface area contributed by atoms with Gasteiger partial charge in [0.1, 0.15) is 16.0 Å². The molecule has 7 nitrogen and oxygen atoms in total. The molecule has 26 heavy (non-hydrogen) atoms. The van der Waals surface area contributed by atoms with E-state index >= 15 is 0 Å². The van der Waals surface area contributed by atoms with Crippen molar-refractivity contribution in [3.8, 4) is 11.5 Å². The Balaban J connectivity index is 2.20. The lowest BCUT2D eigenvalue weighted by atomic mass is 10.1. The van der Waals surface area contributed by atoms with E-state index < -0.39 is 10.0 Å². The fourth-order valence-corrected chi connectivity index (χ4v) is 3.40. The lowest BCUT2D eigenvalue weighted by Crippen LogP contribution is -2.24. The van der Waals surface area contributed by atoms with E-state index in [1.165, 1.54) is 14.2 Å². The molecular formula is C17H19BrN2O5S. The Hall–Kier alpha value is -2.26. The zero-order chi connectivity index (χ0) is 19.3. The number of methoxy groups -OCH3 is 2. The molecule has 0 aromatic heterocycles. The molecule has 0 saturated carbocycles. The molecule has 0 fully saturated rings. The normalized spacial score (nSPS) is 10.9. The van der Waals surface area contributed by atoms with E-state index in [1.807, 2.05) is 0 Å². The summed E-state index contributed by atoms with van der Waals surface area (Å²) in [6, 6.07) is 10.0. The summed E-state index contributed by atoms with van der Waals surface area (Å²) in [7, 11) is -0.425. The van der Waals surface area contributed by atoms with Crippen LogP contribution < -0.4 is 19.5 Å². The minimum absolute atomic E-state index is 0.151. The molecule has 2 rings (SSSR count). The maximum Gasteiger partial charge on any atom is 0.251 e. The fraction of sp³-hybridized carbons (Fsp3) is 0.235. The summed E-state index contributed by atoms with van der Waals surface area (Å²) in [5.74, 6) is 0.588. The van der Waals surface area contributed by atoms with Crippen LogP contribution in [-0.2, 0) is 16.6 Å². The molecule has 0 heterocycles. The number of hydrogen-bond donors (Lipinski definition) is 2. The lowest BCUT2D eigenvalue weighted by molar-refractivity contribution is 0.0950. The van der Waals surface area contributed by atoms with Crippen molar-refractivity contribution >= 4 is 37.5 Å². The number of nitrogens with one attached hydrogen (secondary N) is 2. The molecule has 0 aliphatic heterocycles. The van der Waals surface area contributed by atoms with Gasteiger partial charge in [0, 0.05) is 12.1 Å². The van der Waals surface area contributed by atoms with E-state index in [4.69, 9.17) is 9.47 Å². The molecule has 0 radical (unpaired) electrons. The first-order valence-corrected chi connectivity index (χ1v) is 10.2. The zero-order valence-corrected chi connectivity index (χ0v) is 16.9. The van der Waals surface area contributed by atoms with E-state index in [0.29, 0.717) is 32.8 Å². The number of ether oxygens (including phenoxy) is 2. The largest absolute Gasteiger partial charge is 0.495 e. The average Bonchev–Trinajstić information content (AvgIpc) is 2.59. The Morgan fingerprint density at radius 3 is 2.23 bits per heavy atom. The highest BCUT2D eigenvalue weighted by atomic mass is 79.9. The van der Waals surface area contributed by atoms with Crippen LogP contribution in [0.25, 0.3) is 0 Å². The molecule has 0 aliphatic rings. The minimum atomic E-state index is -3.41. The van der Waals surface area contributed by atoms with Crippen molar-refractivity contribution in [3.63, 3.8) is 0 Å². The highest BCUT2D eigenvalue weighted by molar-refractivity contribution is 9.10. The Labute approximate surface area is 160 Å².